The number of nitrogens with one attached hydrogen (secondary N) is 3. The predicted molar refractivity (Wildman–Crippen MR) is 136 cm³/mol. The van der Waals surface area contributed by atoms with E-state index in [4.69, 9.17) is 23.2 Å². The third-order valence-electron chi connectivity index (χ3n) is 6.20. The van der Waals surface area contributed by atoms with E-state index in [0.717, 1.165) is 32.1 Å². The van der Waals surface area contributed by atoms with Crippen LogP contribution in [0.4, 0.5) is 11.4 Å². The fourth-order valence-electron chi connectivity index (χ4n) is 4.15. The van der Waals surface area contributed by atoms with Gasteiger partial charge in [0.05, 0.1) is 16.8 Å². The van der Waals surface area contributed by atoms with E-state index in [1.165, 1.54) is 50.2 Å². The molecule has 2 aromatic carbocycles. The maximum absolute atomic E-state index is 13.4. The van der Waals surface area contributed by atoms with Crippen LogP contribution in [0, 0.1) is 11.3 Å². The maximum atomic E-state index is 13.4. The van der Waals surface area contributed by atoms with E-state index < -0.39 is 29.1 Å². The Labute approximate surface area is 214 Å². The molecular weight excluding hydrogens is 493 g/mol. The maximum Gasteiger partial charge on any atom is 0.238 e. The molecule has 0 unspecified atom stereocenters. The highest BCUT2D eigenvalue weighted by Gasteiger charge is 2.47. The normalized spacial score (nSPS) is 14.4. The molecule has 3 rings (SSSR count). The monoisotopic (exact) mass is 521 g/mol. The van der Waals surface area contributed by atoms with Crippen molar-refractivity contribution in [2.45, 2.75) is 52.0 Å². The summed E-state index contributed by atoms with van der Waals surface area (Å²) in [6.07, 6.45) is 4.76. The first-order chi connectivity index (χ1) is 16.5. The lowest BCUT2D eigenvalue weighted by molar-refractivity contribution is -0.144. The molecule has 0 atom stereocenters. The molecule has 1 fully saturated rings. The van der Waals surface area contributed by atoms with Crippen molar-refractivity contribution in [3.63, 3.8) is 0 Å². The number of phenolic OH excluding ortho intramolecular Hbond substituents is 2. The molecule has 0 spiro atoms. The Morgan fingerprint density at radius 2 is 1.31 bits per heavy atom. The van der Waals surface area contributed by atoms with Crippen LogP contribution >= 0.6 is 23.2 Å². The molecule has 35 heavy (non-hydrogen) atoms. The van der Waals surface area contributed by atoms with Gasteiger partial charge in [0, 0.05) is 16.1 Å². The van der Waals surface area contributed by atoms with Crippen molar-refractivity contribution >= 4 is 52.3 Å². The summed E-state index contributed by atoms with van der Waals surface area (Å²) in [5, 5.41) is 28.8. The Balaban J connectivity index is 1.92. The summed E-state index contributed by atoms with van der Waals surface area (Å²) < 4.78 is 0. The number of benzene rings is 2. The lowest BCUT2D eigenvalue weighted by Gasteiger charge is -2.34. The van der Waals surface area contributed by atoms with Gasteiger partial charge in [0.1, 0.15) is 17.4 Å². The summed E-state index contributed by atoms with van der Waals surface area (Å²) in [7, 11) is 0. The Kier molecular flexibility index (Phi) is 8.51. The fourth-order valence-corrected chi connectivity index (χ4v) is 4.49. The number of aromatic hydroxyl groups is 2. The summed E-state index contributed by atoms with van der Waals surface area (Å²) in [6.45, 7) is 3.01. The zero-order valence-electron chi connectivity index (χ0n) is 19.5. The molecule has 0 heterocycles. The van der Waals surface area contributed by atoms with Gasteiger partial charge in [0.2, 0.25) is 17.7 Å². The second-order valence-corrected chi connectivity index (χ2v) is 10.1. The van der Waals surface area contributed by atoms with E-state index in [-0.39, 0.29) is 39.0 Å². The Morgan fingerprint density at radius 1 is 0.857 bits per heavy atom. The molecule has 8 nitrogen and oxygen atoms in total. The molecule has 0 saturated heterocycles. The molecule has 0 aromatic heterocycles. The molecule has 1 aliphatic rings. The van der Waals surface area contributed by atoms with E-state index >= 15 is 0 Å². The largest absolute Gasteiger partial charge is 0.506 e. The molecule has 10 heteroatoms. The fraction of sp³-hybridized carbons (Fsp3) is 0.400. The second-order valence-electron chi connectivity index (χ2n) is 9.26. The molecule has 0 aliphatic heterocycles. The van der Waals surface area contributed by atoms with Gasteiger partial charge in [-0.15, -0.1) is 0 Å². The van der Waals surface area contributed by atoms with Crippen LogP contribution in [0.1, 0.15) is 46.0 Å². The van der Waals surface area contributed by atoms with Crippen LogP contribution in [-0.2, 0) is 14.4 Å². The van der Waals surface area contributed by atoms with Gasteiger partial charge in [-0.25, -0.2) is 0 Å². The van der Waals surface area contributed by atoms with Crippen LogP contribution in [0.15, 0.2) is 36.4 Å². The number of anilines is 2. The summed E-state index contributed by atoms with van der Waals surface area (Å²) >= 11 is 12.0. The SMILES string of the molecule is CC(C)(C(=O)NC1CCCCC1)C(C(=O)Nc1cc(Cl)ccc1O)C(=O)Nc1cc(Cl)ccc1O. The number of hydrogen-bond donors (Lipinski definition) is 5. The third kappa shape index (κ3) is 6.58. The number of amides is 3. The van der Waals surface area contributed by atoms with E-state index in [9.17, 15) is 24.6 Å². The minimum Gasteiger partial charge on any atom is -0.506 e. The van der Waals surface area contributed by atoms with Crippen molar-refractivity contribution in [3.05, 3.63) is 46.4 Å². The Morgan fingerprint density at radius 3 is 1.77 bits per heavy atom. The first kappa shape index (κ1) is 26.6. The quantitative estimate of drug-likeness (QED) is 0.256. The van der Waals surface area contributed by atoms with Gasteiger partial charge in [0.25, 0.3) is 0 Å². The van der Waals surface area contributed by atoms with Crippen molar-refractivity contribution in [1.82, 2.24) is 5.32 Å². The minimum atomic E-state index is -1.54. The highest BCUT2D eigenvalue weighted by Crippen LogP contribution is 2.35. The first-order valence-electron chi connectivity index (χ1n) is 11.4. The standard InChI is InChI=1S/C25H29Cl2N3O5/c1-25(2,24(35)28-16-6-4-3-5-7-16)21(22(33)29-17-12-14(26)8-10-19(17)31)23(34)30-18-13-15(27)9-11-20(18)32/h8-13,16,21,31-32H,3-7H2,1-2H3,(H,28,35)(H,29,33)(H,30,34). The molecule has 2 aromatic rings. The number of hydrogen-bond acceptors (Lipinski definition) is 5. The zero-order chi connectivity index (χ0) is 25.8. The van der Waals surface area contributed by atoms with Gasteiger partial charge < -0.3 is 26.2 Å². The van der Waals surface area contributed by atoms with Crippen molar-refractivity contribution in [2.75, 3.05) is 10.6 Å². The van der Waals surface area contributed by atoms with E-state index in [0.29, 0.717) is 0 Å². The van der Waals surface area contributed by atoms with E-state index in [1.807, 2.05) is 0 Å². The van der Waals surface area contributed by atoms with Crippen molar-refractivity contribution in [2.24, 2.45) is 11.3 Å². The lowest BCUT2D eigenvalue weighted by Crippen LogP contribution is -2.53. The number of carbonyl (C=O) groups excluding carboxylic acids is 3. The second kappa shape index (κ2) is 11.2. The molecule has 1 aliphatic carbocycles. The van der Waals surface area contributed by atoms with Gasteiger partial charge in [-0.2, -0.15) is 0 Å². The average Bonchev–Trinajstić information content (AvgIpc) is 2.79. The Bertz CT molecular complexity index is 1050. The number of rotatable bonds is 7. The minimum absolute atomic E-state index is 0.00519. The van der Waals surface area contributed by atoms with Crippen molar-refractivity contribution in [3.8, 4) is 11.5 Å². The van der Waals surface area contributed by atoms with Gasteiger partial charge in [-0.05, 0) is 63.1 Å². The number of halogens is 2. The van der Waals surface area contributed by atoms with Crippen LogP contribution in [0.5, 0.6) is 11.5 Å². The molecule has 0 bridgehead atoms. The molecular formula is C25H29Cl2N3O5. The summed E-state index contributed by atoms with van der Waals surface area (Å²) in [5.74, 6) is -4.15. The van der Waals surface area contributed by atoms with E-state index in [2.05, 4.69) is 16.0 Å². The van der Waals surface area contributed by atoms with Crippen LogP contribution in [0.2, 0.25) is 10.0 Å². The van der Waals surface area contributed by atoms with Gasteiger partial charge in [0.15, 0.2) is 0 Å². The van der Waals surface area contributed by atoms with Crippen molar-refractivity contribution in [1.29, 1.82) is 0 Å². The van der Waals surface area contributed by atoms with Crippen LogP contribution in [0.3, 0.4) is 0 Å². The third-order valence-corrected chi connectivity index (χ3v) is 6.67. The van der Waals surface area contributed by atoms with Crippen LogP contribution in [-0.4, -0.2) is 34.0 Å². The van der Waals surface area contributed by atoms with Crippen LogP contribution in [0.25, 0.3) is 0 Å². The molecule has 188 valence electrons. The average molecular weight is 522 g/mol. The van der Waals surface area contributed by atoms with Gasteiger partial charge in [-0.3, -0.25) is 14.4 Å². The lowest BCUT2D eigenvalue weighted by atomic mass is 9.76. The highest BCUT2D eigenvalue weighted by atomic mass is 35.5. The summed E-state index contributed by atoms with van der Waals surface area (Å²) in [5.41, 5.74) is -1.50. The molecule has 0 radical (unpaired) electrons. The zero-order valence-corrected chi connectivity index (χ0v) is 21.0. The Hall–Kier alpha value is -2.97. The predicted octanol–water partition coefficient (Wildman–Crippen LogP) is 5.07. The van der Waals surface area contributed by atoms with Crippen LogP contribution < -0.4 is 16.0 Å². The number of carbonyl (C=O) groups is 3. The van der Waals surface area contributed by atoms with E-state index in [1.54, 1.807) is 0 Å². The smallest absolute Gasteiger partial charge is 0.238 e. The highest BCUT2D eigenvalue weighted by molar-refractivity contribution is 6.31. The molecule has 3 amide bonds. The first-order valence-corrected chi connectivity index (χ1v) is 12.1. The summed E-state index contributed by atoms with van der Waals surface area (Å²) in [4.78, 5) is 40.1. The molecule has 1 saturated carbocycles. The van der Waals surface area contributed by atoms with Gasteiger partial charge >= 0.3 is 0 Å². The van der Waals surface area contributed by atoms with Gasteiger partial charge in [-0.1, -0.05) is 42.5 Å². The molecule has 5 N–H and O–H groups in total. The summed E-state index contributed by atoms with van der Waals surface area (Å²) in [6, 6.07) is 8.14. The topological polar surface area (TPSA) is 128 Å². The van der Waals surface area contributed by atoms with Crippen molar-refractivity contribution < 1.29 is 24.6 Å². The number of phenols is 2.